The second-order valence-electron chi connectivity index (χ2n) is 4.49. The summed E-state index contributed by atoms with van der Waals surface area (Å²) in [7, 11) is 0. The largest absolute Gasteiger partial charge is 0.457 e. The molecular formula is C17H13NO2S2. The SMILES string of the molecule is CSC1=N/C(=C/c2cccc(Oc3ccccc3)c2)C(=O)S1. The molecule has 1 aliphatic rings. The average Bonchev–Trinajstić information content (AvgIpc) is 2.89. The molecular weight excluding hydrogens is 314 g/mol. The fourth-order valence-electron chi connectivity index (χ4n) is 1.93. The van der Waals surface area contributed by atoms with Crippen LogP contribution in [0.5, 0.6) is 11.5 Å². The first kappa shape index (κ1) is 14.9. The molecule has 0 spiro atoms. The van der Waals surface area contributed by atoms with Crippen molar-refractivity contribution in [1.82, 2.24) is 0 Å². The summed E-state index contributed by atoms with van der Waals surface area (Å²) < 4.78 is 6.58. The topological polar surface area (TPSA) is 38.7 Å². The van der Waals surface area contributed by atoms with Crippen molar-refractivity contribution in [3.63, 3.8) is 0 Å². The summed E-state index contributed by atoms with van der Waals surface area (Å²) in [6, 6.07) is 17.2. The monoisotopic (exact) mass is 327 g/mol. The highest BCUT2D eigenvalue weighted by Crippen LogP contribution is 2.30. The van der Waals surface area contributed by atoms with Crippen molar-refractivity contribution in [3.05, 3.63) is 65.9 Å². The summed E-state index contributed by atoms with van der Waals surface area (Å²) in [6.45, 7) is 0. The maximum absolute atomic E-state index is 11.9. The summed E-state index contributed by atoms with van der Waals surface area (Å²) in [6.07, 6.45) is 3.70. The number of ether oxygens (including phenoxy) is 1. The average molecular weight is 327 g/mol. The third-order valence-electron chi connectivity index (χ3n) is 2.92. The number of hydrogen-bond donors (Lipinski definition) is 0. The Morgan fingerprint density at radius 1 is 1.09 bits per heavy atom. The van der Waals surface area contributed by atoms with Gasteiger partial charge in [-0.3, -0.25) is 4.79 Å². The van der Waals surface area contributed by atoms with Crippen LogP contribution in [0.1, 0.15) is 5.56 Å². The first-order chi connectivity index (χ1) is 10.7. The van der Waals surface area contributed by atoms with Crippen molar-refractivity contribution in [1.29, 1.82) is 0 Å². The van der Waals surface area contributed by atoms with Gasteiger partial charge in [-0.25, -0.2) is 4.99 Å². The zero-order chi connectivity index (χ0) is 15.4. The standard InChI is InChI=1S/C17H13NO2S2/c1-21-17-18-15(16(19)22-17)11-12-6-5-9-14(10-12)20-13-7-3-2-4-8-13/h2-11H,1H3/b15-11+. The minimum atomic E-state index is -0.0151. The van der Waals surface area contributed by atoms with Gasteiger partial charge in [-0.05, 0) is 53.9 Å². The van der Waals surface area contributed by atoms with E-state index in [0.717, 1.165) is 21.4 Å². The number of aliphatic imine (C=N–C) groups is 1. The normalized spacial score (nSPS) is 16.0. The molecule has 0 amide bonds. The van der Waals surface area contributed by atoms with Crippen molar-refractivity contribution in [2.45, 2.75) is 0 Å². The Kier molecular flexibility index (Phi) is 4.65. The fourth-order valence-corrected chi connectivity index (χ4v) is 3.19. The molecule has 2 aromatic carbocycles. The van der Waals surface area contributed by atoms with Crippen LogP contribution >= 0.6 is 23.5 Å². The molecule has 1 aliphatic heterocycles. The van der Waals surface area contributed by atoms with Crippen LogP contribution in [0.25, 0.3) is 6.08 Å². The van der Waals surface area contributed by atoms with E-state index in [1.807, 2.05) is 60.9 Å². The van der Waals surface area contributed by atoms with Crippen LogP contribution in [0, 0.1) is 0 Å². The maximum Gasteiger partial charge on any atom is 0.244 e. The van der Waals surface area contributed by atoms with Gasteiger partial charge in [0.15, 0.2) is 0 Å². The van der Waals surface area contributed by atoms with E-state index >= 15 is 0 Å². The van der Waals surface area contributed by atoms with Gasteiger partial charge in [0.25, 0.3) is 0 Å². The molecule has 110 valence electrons. The van der Waals surface area contributed by atoms with Gasteiger partial charge in [0.1, 0.15) is 21.6 Å². The molecule has 0 aliphatic carbocycles. The molecule has 5 heteroatoms. The van der Waals surface area contributed by atoms with Crippen LogP contribution in [0.15, 0.2) is 65.3 Å². The number of para-hydroxylation sites is 1. The molecule has 0 unspecified atom stereocenters. The molecule has 0 fully saturated rings. The quantitative estimate of drug-likeness (QED) is 0.758. The van der Waals surface area contributed by atoms with Gasteiger partial charge in [-0.15, -0.1) is 11.8 Å². The fraction of sp³-hybridized carbons (Fsp3) is 0.0588. The van der Waals surface area contributed by atoms with Crippen LogP contribution in [0.4, 0.5) is 0 Å². The molecule has 3 nitrogen and oxygen atoms in total. The maximum atomic E-state index is 11.9. The summed E-state index contributed by atoms with van der Waals surface area (Å²) in [5, 5.41) is -0.0151. The highest BCUT2D eigenvalue weighted by molar-refractivity contribution is 8.45. The molecule has 22 heavy (non-hydrogen) atoms. The minimum absolute atomic E-state index is 0.0151. The number of rotatable bonds is 3. The van der Waals surface area contributed by atoms with E-state index < -0.39 is 0 Å². The number of carbonyl (C=O) groups is 1. The molecule has 0 bridgehead atoms. The second-order valence-corrected chi connectivity index (χ2v) is 6.50. The first-order valence-electron chi connectivity index (χ1n) is 6.64. The Bertz CT molecular complexity index is 754. The van der Waals surface area contributed by atoms with E-state index in [4.69, 9.17) is 4.74 Å². The summed E-state index contributed by atoms with van der Waals surface area (Å²) in [4.78, 5) is 16.2. The molecule has 1 heterocycles. The molecule has 0 N–H and O–H groups in total. The van der Waals surface area contributed by atoms with Crippen LogP contribution in [0.2, 0.25) is 0 Å². The highest BCUT2D eigenvalue weighted by Gasteiger charge is 2.21. The lowest BCUT2D eigenvalue weighted by Crippen LogP contribution is -1.88. The van der Waals surface area contributed by atoms with Crippen LogP contribution in [-0.2, 0) is 4.79 Å². The van der Waals surface area contributed by atoms with Crippen molar-refractivity contribution in [2.75, 3.05) is 6.26 Å². The van der Waals surface area contributed by atoms with Crippen LogP contribution in [0.3, 0.4) is 0 Å². The summed E-state index contributed by atoms with van der Waals surface area (Å²) in [5.41, 5.74) is 1.37. The van der Waals surface area contributed by atoms with Crippen LogP contribution in [-0.4, -0.2) is 15.7 Å². The predicted molar refractivity (Wildman–Crippen MR) is 94.5 cm³/mol. The number of carbonyl (C=O) groups excluding carboxylic acids is 1. The lowest BCUT2D eigenvalue weighted by atomic mass is 10.2. The number of benzene rings is 2. The Morgan fingerprint density at radius 3 is 2.59 bits per heavy atom. The molecule has 0 saturated carbocycles. The number of hydrogen-bond acceptors (Lipinski definition) is 5. The Morgan fingerprint density at radius 2 is 1.86 bits per heavy atom. The van der Waals surface area contributed by atoms with Gasteiger partial charge in [0.2, 0.25) is 5.12 Å². The van der Waals surface area contributed by atoms with E-state index in [-0.39, 0.29) is 5.12 Å². The second kappa shape index (κ2) is 6.85. The lowest BCUT2D eigenvalue weighted by Gasteiger charge is -2.06. The van der Waals surface area contributed by atoms with E-state index in [1.54, 1.807) is 6.08 Å². The Hall–Kier alpha value is -1.98. The molecule has 3 rings (SSSR count). The summed E-state index contributed by atoms with van der Waals surface area (Å²) >= 11 is 2.66. The molecule has 0 saturated heterocycles. The van der Waals surface area contributed by atoms with Gasteiger partial charge >= 0.3 is 0 Å². The minimum Gasteiger partial charge on any atom is -0.457 e. The Labute approximate surface area is 137 Å². The predicted octanol–water partition coefficient (Wildman–Crippen LogP) is 4.81. The zero-order valence-electron chi connectivity index (χ0n) is 11.9. The third-order valence-corrected chi connectivity index (χ3v) is 4.77. The summed E-state index contributed by atoms with van der Waals surface area (Å²) in [5.74, 6) is 1.51. The van der Waals surface area contributed by atoms with Gasteiger partial charge in [0.05, 0.1) is 0 Å². The number of thioether (sulfide) groups is 2. The van der Waals surface area contributed by atoms with Crippen molar-refractivity contribution in [2.24, 2.45) is 4.99 Å². The lowest BCUT2D eigenvalue weighted by molar-refractivity contribution is -0.107. The van der Waals surface area contributed by atoms with Crippen molar-refractivity contribution >= 4 is 39.1 Å². The van der Waals surface area contributed by atoms with E-state index in [9.17, 15) is 4.79 Å². The molecule has 0 atom stereocenters. The smallest absolute Gasteiger partial charge is 0.244 e. The first-order valence-corrected chi connectivity index (χ1v) is 8.68. The van der Waals surface area contributed by atoms with Gasteiger partial charge in [0, 0.05) is 0 Å². The van der Waals surface area contributed by atoms with E-state index in [0.29, 0.717) is 5.70 Å². The van der Waals surface area contributed by atoms with Crippen molar-refractivity contribution in [3.8, 4) is 11.5 Å². The van der Waals surface area contributed by atoms with Gasteiger partial charge < -0.3 is 4.74 Å². The number of nitrogens with zero attached hydrogens (tertiary/aromatic N) is 1. The Balaban J connectivity index is 1.83. The molecule has 0 aromatic heterocycles. The third kappa shape index (κ3) is 3.61. The van der Waals surface area contributed by atoms with Crippen molar-refractivity contribution < 1.29 is 9.53 Å². The highest BCUT2D eigenvalue weighted by atomic mass is 32.2. The molecule has 2 aromatic rings. The van der Waals surface area contributed by atoms with Gasteiger partial charge in [-0.2, -0.15) is 0 Å². The molecule has 0 radical (unpaired) electrons. The van der Waals surface area contributed by atoms with Crippen LogP contribution < -0.4 is 4.74 Å². The zero-order valence-corrected chi connectivity index (χ0v) is 13.5. The van der Waals surface area contributed by atoms with E-state index in [2.05, 4.69) is 4.99 Å². The van der Waals surface area contributed by atoms with Gasteiger partial charge in [-0.1, -0.05) is 30.3 Å². The van der Waals surface area contributed by atoms with E-state index in [1.165, 1.54) is 23.5 Å².